The number of ether oxygens (including phenoxy) is 4. The molecule has 0 aliphatic carbocycles. The molecular weight excluding hydrogens is 633 g/mol. The van der Waals surface area contributed by atoms with E-state index >= 15 is 0 Å². The van der Waals surface area contributed by atoms with Gasteiger partial charge >= 0.3 is 0 Å². The average Bonchev–Trinajstić information content (AvgIpc) is 3.48. The van der Waals surface area contributed by atoms with E-state index in [0.29, 0.717) is 26.4 Å². The first-order valence-electron chi connectivity index (χ1n) is 21.6. The summed E-state index contributed by atoms with van der Waals surface area (Å²) in [5.74, 6) is 3.31. The molecule has 0 N–H and O–H groups in total. The normalized spacial score (nSPS) is 11.6. The van der Waals surface area contributed by atoms with Crippen LogP contribution in [0, 0.1) is 13.8 Å². The number of hydrogen-bond acceptors (Lipinski definition) is 5. The van der Waals surface area contributed by atoms with Crippen molar-refractivity contribution < 1.29 is 23.4 Å². The highest BCUT2D eigenvalue weighted by Crippen LogP contribution is 2.50. The summed E-state index contributed by atoms with van der Waals surface area (Å²) in [5.41, 5.74) is 3.75. The van der Waals surface area contributed by atoms with E-state index in [1.165, 1.54) is 128 Å². The molecule has 0 spiro atoms. The van der Waals surface area contributed by atoms with Crippen LogP contribution in [0.4, 0.5) is 0 Å². The molecule has 1 aromatic heterocycles. The van der Waals surface area contributed by atoms with E-state index in [1.807, 2.05) is 0 Å². The van der Waals surface area contributed by atoms with Crippen molar-refractivity contribution in [2.24, 2.45) is 0 Å². The molecule has 0 saturated heterocycles. The predicted octanol–water partition coefficient (Wildman–Crippen LogP) is 15.2. The Labute approximate surface area is 312 Å². The van der Waals surface area contributed by atoms with Crippen molar-refractivity contribution in [1.82, 2.24) is 0 Å². The number of rotatable bonds is 32. The van der Waals surface area contributed by atoms with Gasteiger partial charge in [-0.15, -0.1) is 0 Å². The van der Waals surface area contributed by atoms with Crippen LogP contribution in [0.1, 0.15) is 193 Å². The standard InChI is InChI=1S/C46H76O5/c1-7-11-15-19-23-27-31-47-43-37(5)35-39-41(45(43)49-33-29-25-21-17-13-9-3)42-40(51-39)36-38(6)44(48-32-28-24-20-16-12-8-2)46(42)50-34-30-26-22-18-14-10-4/h35-36H,7-34H2,1-6H3. The zero-order chi connectivity index (χ0) is 36.5. The molecule has 3 aromatic rings. The second kappa shape index (κ2) is 26.2. The van der Waals surface area contributed by atoms with Gasteiger partial charge in [-0.05, 0) is 62.8 Å². The van der Waals surface area contributed by atoms with Gasteiger partial charge in [0.25, 0.3) is 0 Å². The van der Waals surface area contributed by atoms with Crippen LogP contribution in [0.2, 0.25) is 0 Å². The number of benzene rings is 2. The second-order valence-electron chi connectivity index (χ2n) is 15.0. The average molecular weight is 709 g/mol. The lowest BCUT2D eigenvalue weighted by molar-refractivity contribution is 0.258. The molecule has 1 heterocycles. The van der Waals surface area contributed by atoms with Crippen LogP contribution in [0.3, 0.4) is 0 Å². The molecule has 0 amide bonds. The van der Waals surface area contributed by atoms with Gasteiger partial charge in [-0.3, -0.25) is 0 Å². The zero-order valence-corrected chi connectivity index (χ0v) is 34.0. The van der Waals surface area contributed by atoms with Crippen LogP contribution in [-0.2, 0) is 0 Å². The van der Waals surface area contributed by atoms with Gasteiger partial charge in [-0.1, -0.05) is 156 Å². The highest BCUT2D eigenvalue weighted by Gasteiger charge is 2.26. The van der Waals surface area contributed by atoms with E-state index in [1.54, 1.807) is 0 Å². The third-order valence-corrected chi connectivity index (χ3v) is 10.2. The summed E-state index contributed by atoms with van der Waals surface area (Å²) >= 11 is 0. The first kappa shape index (κ1) is 42.8. The Balaban J connectivity index is 1.97. The van der Waals surface area contributed by atoms with E-state index in [2.05, 4.69) is 53.7 Å². The van der Waals surface area contributed by atoms with E-state index in [9.17, 15) is 0 Å². The lowest BCUT2D eigenvalue weighted by Gasteiger charge is -2.18. The molecule has 0 aliphatic rings. The molecule has 3 rings (SSSR count). The van der Waals surface area contributed by atoms with Crippen molar-refractivity contribution in [2.75, 3.05) is 26.4 Å². The first-order valence-corrected chi connectivity index (χ1v) is 21.6. The van der Waals surface area contributed by atoms with Crippen LogP contribution in [0.5, 0.6) is 23.0 Å². The Morgan fingerprint density at radius 2 is 0.608 bits per heavy atom. The van der Waals surface area contributed by atoms with Gasteiger partial charge in [-0.25, -0.2) is 0 Å². The van der Waals surface area contributed by atoms with E-state index in [4.69, 9.17) is 23.4 Å². The summed E-state index contributed by atoms with van der Waals surface area (Å²) in [6.45, 7) is 16.0. The van der Waals surface area contributed by atoms with Crippen molar-refractivity contribution in [3.05, 3.63) is 23.3 Å². The number of aryl methyl sites for hydroxylation is 2. The minimum atomic E-state index is 0.659. The van der Waals surface area contributed by atoms with Crippen molar-refractivity contribution in [2.45, 2.75) is 196 Å². The number of fused-ring (bicyclic) bond motifs is 3. The number of furan rings is 1. The van der Waals surface area contributed by atoms with Crippen molar-refractivity contribution in [1.29, 1.82) is 0 Å². The monoisotopic (exact) mass is 709 g/mol. The van der Waals surface area contributed by atoms with Crippen LogP contribution < -0.4 is 18.9 Å². The first-order chi connectivity index (χ1) is 25.1. The van der Waals surface area contributed by atoms with Gasteiger partial charge < -0.3 is 23.4 Å². The van der Waals surface area contributed by atoms with Gasteiger partial charge in [0.2, 0.25) is 0 Å². The Kier molecular flexibility index (Phi) is 22.0. The molecule has 5 nitrogen and oxygen atoms in total. The fourth-order valence-electron chi connectivity index (χ4n) is 7.09. The molecule has 5 heteroatoms. The Hall–Kier alpha value is -2.56. The molecule has 51 heavy (non-hydrogen) atoms. The Bertz CT molecular complexity index is 1240. The predicted molar refractivity (Wildman–Crippen MR) is 219 cm³/mol. The zero-order valence-electron chi connectivity index (χ0n) is 34.0. The van der Waals surface area contributed by atoms with E-state index in [0.717, 1.165) is 81.7 Å². The molecular formula is C46H76O5. The smallest absolute Gasteiger partial charge is 0.173 e. The summed E-state index contributed by atoms with van der Waals surface area (Å²) in [7, 11) is 0. The summed E-state index contributed by atoms with van der Waals surface area (Å²) in [6, 6.07) is 4.26. The molecule has 0 unspecified atom stereocenters. The highest BCUT2D eigenvalue weighted by atomic mass is 16.5. The maximum atomic E-state index is 6.78. The Morgan fingerprint density at radius 3 is 0.902 bits per heavy atom. The van der Waals surface area contributed by atoms with Gasteiger partial charge in [0, 0.05) is 0 Å². The van der Waals surface area contributed by atoms with Crippen molar-refractivity contribution in [3.63, 3.8) is 0 Å². The lowest BCUT2D eigenvalue weighted by atomic mass is 10.0. The van der Waals surface area contributed by atoms with Crippen molar-refractivity contribution >= 4 is 21.9 Å². The quantitative estimate of drug-likeness (QED) is 0.0604. The third-order valence-electron chi connectivity index (χ3n) is 10.2. The SMILES string of the molecule is CCCCCCCCOc1c(C)cc2oc3cc(C)c(OCCCCCCCC)c(OCCCCCCCC)c3c2c1OCCCCCCCC. The van der Waals surface area contributed by atoms with Crippen LogP contribution in [-0.4, -0.2) is 26.4 Å². The van der Waals surface area contributed by atoms with E-state index < -0.39 is 0 Å². The molecule has 0 aliphatic heterocycles. The van der Waals surface area contributed by atoms with Crippen LogP contribution >= 0.6 is 0 Å². The Morgan fingerprint density at radius 1 is 0.353 bits per heavy atom. The number of hydrogen-bond donors (Lipinski definition) is 0. The highest BCUT2D eigenvalue weighted by molar-refractivity contribution is 6.13. The molecule has 2 aromatic carbocycles. The molecule has 0 atom stereocenters. The molecule has 0 saturated carbocycles. The largest absolute Gasteiger partial charge is 0.489 e. The third kappa shape index (κ3) is 14.8. The minimum Gasteiger partial charge on any atom is -0.489 e. The maximum absolute atomic E-state index is 6.78. The topological polar surface area (TPSA) is 50.1 Å². The van der Waals surface area contributed by atoms with E-state index in [-0.39, 0.29) is 0 Å². The summed E-state index contributed by atoms with van der Waals surface area (Å²) in [4.78, 5) is 0. The van der Waals surface area contributed by atoms with Gasteiger partial charge in [0.1, 0.15) is 11.2 Å². The summed E-state index contributed by atoms with van der Waals surface area (Å²) in [5, 5.41) is 1.92. The maximum Gasteiger partial charge on any atom is 0.173 e. The van der Waals surface area contributed by atoms with Gasteiger partial charge in [-0.2, -0.15) is 0 Å². The van der Waals surface area contributed by atoms with Crippen molar-refractivity contribution in [3.8, 4) is 23.0 Å². The fraction of sp³-hybridized carbons (Fsp3) is 0.739. The van der Waals surface area contributed by atoms with Gasteiger partial charge in [0.15, 0.2) is 23.0 Å². The fourth-order valence-corrected chi connectivity index (χ4v) is 7.09. The molecule has 0 bridgehead atoms. The minimum absolute atomic E-state index is 0.659. The van der Waals surface area contributed by atoms with Gasteiger partial charge in [0.05, 0.1) is 37.2 Å². The second-order valence-corrected chi connectivity index (χ2v) is 15.0. The molecule has 0 radical (unpaired) electrons. The lowest BCUT2D eigenvalue weighted by Crippen LogP contribution is -2.06. The molecule has 0 fully saturated rings. The number of unbranched alkanes of at least 4 members (excludes halogenated alkanes) is 20. The summed E-state index contributed by atoms with van der Waals surface area (Å²) in [6.07, 6.45) is 29.4. The van der Waals surface area contributed by atoms with Crippen LogP contribution in [0.15, 0.2) is 16.5 Å². The summed E-state index contributed by atoms with van der Waals surface area (Å²) < 4.78 is 33.5. The molecule has 290 valence electrons. The van der Waals surface area contributed by atoms with Crippen LogP contribution in [0.25, 0.3) is 21.9 Å².